The number of ether oxygens (including phenoxy) is 1. The summed E-state index contributed by atoms with van der Waals surface area (Å²) in [6.07, 6.45) is 11.5. The van der Waals surface area contributed by atoms with Crippen molar-refractivity contribution in [3.05, 3.63) is 70.8 Å². The summed E-state index contributed by atoms with van der Waals surface area (Å²) in [4.78, 5) is 57.5. The third kappa shape index (κ3) is 6.54. The molecule has 294 valence electrons. The highest BCUT2D eigenvalue weighted by molar-refractivity contribution is 6.08. The zero-order chi connectivity index (χ0) is 38.7. The molecule has 17 heteroatoms. The van der Waals surface area contributed by atoms with Crippen LogP contribution in [0.1, 0.15) is 98.8 Å². The van der Waals surface area contributed by atoms with Gasteiger partial charge in [0.15, 0.2) is 11.3 Å². The van der Waals surface area contributed by atoms with Crippen molar-refractivity contribution in [1.82, 2.24) is 43.7 Å². The molecule has 1 atom stereocenters. The topological polar surface area (TPSA) is 163 Å². The minimum Gasteiger partial charge on any atom is -0.488 e. The standard InChI is InChI=1S/C39H44F2N10O5/c1-47-33-28(51(38(47)55)29-10-11-31(52)45-37(29)54)4-2-5-30(33)56-25-18-39(19-25)12-16-48(17-13-39)21-23-6-8-24(9-7-23)50-22-27(32(46-50)34(40)41)44-36(53)26-20-43-49-15-3-14-42-35(26)49/h2-5,14-15,20,22-25,29,34H,6-13,16-19,21H2,1H3,(H,44,53)(H,45,52,54). The lowest BCUT2D eigenvalue weighted by atomic mass is 9.61. The van der Waals surface area contributed by atoms with E-state index in [0.717, 1.165) is 71.0 Å². The Morgan fingerprint density at radius 1 is 1.07 bits per heavy atom. The lowest BCUT2D eigenvalue weighted by Crippen LogP contribution is -2.51. The molecule has 4 aliphatic rings. The summed E-state index contributed by atoms with van der Waals surface area (Å²) in [6.45, 7) is 3.06. The van der Waals surface area contributed by atoms with Crippen LogP contribution in [-0.2, 0) is 16.6 Å². The number of benzene rings is 1. The Morgan fingerprint density at radius 2 is 1.86 bits per heavy atom. The number of alkyl halides is 2. The number of imidazole rings is 1. The number of aromatic nitrogens is 7. The summed E-state index contributed by atoms with van der Waals surface area (Å²) in [5.41, 5.74) is 1.29. The van der Waals surface area contributed by atoms with Gasteiger partial charge < -0.3 is 15.0 Å². The molecule has 0 radical (unpaired) electrons. The molecule has 1 aromatic carbocycles. The summed E-state index contributed by atoms with van der Waals surface area (Å²) in [5, 5.41) is 13.3. The number of amides is 3. The smallest absolute Gasteiger partial charge is 0.329 e. The molecule has 2 saturated carbocycles. The van der Waals surface area contributed by atoms with Gasteiger partial charge in [0.1, 0.15) is 22.9 Å². The molecule has 1 unspecified atom stereocenters. The van der Waals surface area contributed by atoms with Gasteiger partial charge in [0.25, 0.3) is 12.3 Å². The molecule has 4 aromatic heterocycles. The van der Waals surface area contributed by atoms with Gasteiger partial charge in [0.2, 0.25) is 11.8 Å². The minimum absolute atomic E-state index is 0.000164. The Hall–Kier alpha value is -5.45. The molecule has 56 heavy (non-hydrogen) atoms. The van der Waals surface area contributed by atoms with E-state index >= 15 is 0 Å². The van der Waals surface area contributed by atoms with Crippen LogP contribution in [0.4, 0.5) is 14.5 Å². The van der Waals surface area contributed by atoms with Crippen LogP contribution in [0.25, 0.3) is 16.7 Å². The van der Waals surface area contributed by atoms with Crippen molar-refractivity contribution in [2.45, 2.75) is 88.8 Å². The molecule has 2 N–H and O–H groups in total. The summed E-state index contributed by atoms with van der Waals surface area (Å²) in [7, 11) is 1.69. The lowest BCUT2D eigenvalue weighted by molar-refractivity contribution is -0.135. The second kappa shape index (κ2) is 14.2. The van der Waals surface area contributed by atoms with Gasteiger partial charge in [-0.25, -0.2) is 23.1 Å². The predicted octanol–water partition coefficient (Wildman–Crippen LogP) is 4.80. The third-order valence-corrected chi connectivity index (χ3v) is 12.6. The van der Waals surface area contributed by atoms with E-state index in [0.29, 0.717) is 28.3 Å². The molecule has 0 bridgehead atoms. The molecule has 15 nitrogen and oxygen atoms in total. The number of halogens is 2. The van der Waals surface area contributed by atoms with E-state index in [1.54, 1.807) is 30.2 Å². The van der Waals surface area contributed by atoms with E-state index in [2.05, 4.69) is 30.7 Å². The maximum atomic E-state index is 14.0. The number of rotatable bonds is 9. The number of imide groups is 1. The summed E-state index contributed by atoms with van der Waals surface area (Å²) >= 11 is 0. The molecular weight excluding hydrogens is 726 g/mol. The van der Waals surface area contributed by atoms with Crippen LogP contribution in [0.5, 0.6) is 5.75 Å². The Morgan fingerprint density at radius 3 is 2.61 bits per heavy atom. The first-order chi connectivity index (χ1) is 27.1. The number of para-hydroxylation sites is 1. The normalized spacial score (nSPS) is 23.2. The van der Waals surface area contributed by atoms with E-state index in [1.807, 2.05) is 18.2 Å². The number of likely N-dealkylation sites (tertiary alicyclic amines) is 1. The Labute approximate surface area is 320 Å². The van der Waals surface area contributed by atoms with Gasteiger partial charge in [-0.2, -0.15) is 10.2 Å². The van der Waals surface area contributed by atoms with E-state index in [-0.39, 0.29) is 53.3 Å². The van der Waals surface area contributed by atoms with Gasteiger partial charge in [-0.3, -0.25) is 33.5 Å². The summed E-state index contributed by atoms with van der Waals surface area (Å²) in [6, 6.07) is 6.46. The first-order valence-electron chi connectivity index (χ1n) is 19.5. The van der Waals surface area contributed by atoms with E-state index < -0.39 is 30.0 Å². The second-order valence-corrected chi connectivity index (χ2v) is 16.0. The maximum absolute atomic E-state index is 14.0. The van der Waals surface area contributed by atoms with Crippen molar-refractivity contribution < 1.29 is 27.9 Å². The van der Waals surface area contributed by atoms with Crippen LogP contribution >= 0.6 is 0 Å². The monoisotopic (exact) mass is 770 g/mol. The zero-order valence-corrected chi connectivity index (χ0v) is 31.1. The van der Waals surface area contributed by atoms with Gasteiger partial charge in [-0.15, -0.1) is 0 Å². The van der Waals surface area contributed by atoms with E-state index in [4.69, 9.17) is 4.74 Å². The van der Waals surface area contributed by atoms with Crippen LogP contribution in [-0.4, -0.2) is 81.9 Å². The number of piperidine rings is 2. The Bertz CT molecular complexity index is 2380. The van der Waals surface area contributed by atoms with Gasteiger partial charge in [-0.1, -0.05) is 6.07 Å². The number of aryl methyl sites for hydroxylation is 1. The van der Waals surface area contributed by atoms with Crippen LogP contribution in [0.15, 0.2) is 53.8 Å². The molecule has 2 saturated heterocycles. The number of hydrogen-bond acceptors (Lipinski definition) is 9. The summed E-state index contributed by atoms with van der Waals surface area (Å²) < 4.78 is 40.7. The lowest BCUT2D eigenvalue weighted by Gasteiger charge is -2.52. The highest BCUT2D eigenvalue weighted by Gasteiger charge is 2.47. The zero-order valence-electron chi connectivity index (χ0n) is 31.1. The Balaban J connectivity index is 0.763. The quantitative estimate of drug-likeness (QED) is 0.201. The Kier molecular flexibility index (Phi) is 9.21. The van der Waals surface area contributed by atoms with Crippen molar-refractivity contribution in [2.24, 2.45) is 18.4 Å². The third-order valence-electron chi connectivity index (χ3n) is 12.6. The predicted molar refractivity (Wildman–Crippen MR) is 199 cm³/mol. The SMILES string of the molecule is Cn1c(=O)n(C2CCC(=O)NC2=O)c2cccc(OC3CC4(CCN(CC5CCC(n6cc(NC(=O)c7cnn8cccnc78)c(C(F)F)n6)CC5)CC4)C3)c21. The number of carbonyl (C=O) groups is 3. The van der Waals surface area contributed by atoms with E-state index in [1.165, 1.54) is 26.0 Å². The maximum Gasteiger partial charge on any atom is 0.329 e. The van der Waals surface area contributed by atoms with Gasteiger partial charge >= 0.3 is 5.69 Å². The molecule has 5 aromatic rings. The largest absolute Gasteiger partial charge is 0.488 e. The van der Waals surface area contributed by atoms with Crippen LogP contribution in [0.3, 0.4) is 0 Å². The highest BCUT2D eigenvalue weighted by Crippen LogP contribution is 2.51. The second-order valence-electron chi connectivity index (χ2n) is 16.0. The number of nitrogens with zero attached hydrogens (tertiary/aromatic N) is 8. The molecule has 2 aliphatic heterocycles. The fourth-order valence-corrected chi connectivity index (χ4v) is 9.50. The van der Waals surface area contributed by atoms with Gasteiger partial charge in [-0.05, 0) is 100 Å². The van der Waals surface area contributed by atoms with Gasteiger partial charge in [0, 0.05) is 38.6 Å². The number of fused-ring (bicyclic) bond motifs is 2. The first kappa shape index (κ1) is 36.2. The van der Waals surface area contributed by atoms with Crippen molar-refractivity contribution >= 4 is 40.1 Å². The van der Waals surface area contributed by atoms with Crippen molar-refractivity contribution in [2.75, 3.05) is 25.0 Å². The summed E-state index contributed by atoms with van der Waals surface area (Å²) in [5.74, 6) is -0.203. The highest BCUT2D eigenvalue weighted by atomic mass is 19.3. The average Bonchev–Trinajstić information content (AvgIpc) is 3.87. The van der Waals surface area contributed by atoms with Crippen LogP contribution in [0.2, 0.25) is 0 Å². The molecule has 9 rings (SSSR count). The molecule has 2 aliphatic carbocycles. The number of carbonyl (C=O) groups excluding carboxylic acids is 3. The van der Waals surface area contributed by atoms with Crippen LogP contribution < -0.4 is 21.1 Å². The molecule has 3 amide bonds. The average molecular weight is 771 g/mol. The van der Waals surface area contributed by atoms with Gasteiger partial charge in [0.05, 0.1) is 29.5 Å². The fourth-order valence-electron chi connectivity index (χ4n) is 9.50. The fraction of sp³-hybridized carbons (Fsp3) is 0.513. The first-order valence-corrected chi connectivity index (χ1v) is 19.5. The van der Waals surface area contributed by atoms with Crippen molar-refractivity contribution in [3.63, 3.8) is 0 Å². The molecule has 6 heterocycles. The molecule has 4 fully saturated rings. The van der Waals surface area contributed by atoms with Crippen molar-refractivity contribution in [1.29, 1.82) is 0 Å². The number of nitrogens with one attached hydrogen (secondary N) is 2. The number of hydrogen-bond donors (Lipinski definition) is 2. The molecule has 1 spiro atoms. The van der Waals surface area contributed by atoms with Crippen molar-refractivity contribution in [3.8, 4) is 5.75 Å². The van der Waals surface area contributed by atoms with E-state index in [9.17, 15) is 28.0 Å². The minimum atomic E-state index is -2.84. The molecular formula is C39H44F2N10O5. The van der Waals surface area contributed by atoms with Crippen LogP contribution in [0, 0.1) is 11.3 Å². The number of anilines is 1.